The number of benzene rings is 1. The lowest BCUT2D eigenvalue weighted by Gasteiger charge is -2.40. The molecule has 1 aliphatic carbocycles. The maximum atomic E-state index is 13.1. The van der Waals surface area contributed by atoms with Crippen molar-refractivity contribution in [2.75, 3.05) is 19.8 Å². The minimum Gasteiger partial charge on any atom is -0.466 e. The molecule has 0 bridgehead atoms. The highest BCUT2D eigenvalue weighted by atomic mass is 35.5. The molecule has 182 valence electrons. The Kier molecular flexibility index (Phi) is 8.12. The van der Waals surface area contributed by atoms with E-state index in [1.807, 2.05) is 12.3 Å². The van der Waals surface area contributed by atoms with Crippen molar-refractivity contribution in [2.24, 2.45) is 11.3 Å². The molecule has 0 radical (unpaired) electrons. The molecule has 1 heterocycles. The van der Waals surface area contributed by atoms with Crippen LogP contribution in [0.25, 0.3) is 0 Å². The minimum absolute atomic E-state index is 0.0847. The summed E-state index contributed by atoms with van der Waals surface area (Å²) in [6, 6.07) is 5.91. The highest BCUT2D eigenvalue weighted by Crippen LogP contribution is 2.50. The van der Waals surface area contributed by atoms with Crippen LogP contribution in [0.5, 0.6) is 0 Å². The summed E-state index contributed by atoms with van der Waals surface area (Å²) in [5.74, 6) is -0.170. The molecule has 1 aliphatic heterocycles. The fourth-order valence-electron chi connectivity index (χ4n) is 4.85. The summed E-state index contributed by atoms with van der Waals surface area (Å²) >= 11 is 6.71. The Balaban J connectivity index is 1.90. The summed E-state index contributed by atoms with van der Waals surface area (Å²) in [4.78, 5) is 26.4. The van der Waals surface area contributed by atoms with E-state index in [0.29, 0.717) is 13.0 Å². The standard InChI is InChI=1S/C26H37ClN2O4/c1-5-33-23(31)10-14-29-17-21-18(11-15-30)9-13-26(21,28-24(29)32)20-7-6-19(22(27)16-20)8-12-25(2,3)4/h6-7,16-18,30H,5,8-15H2,1-4H3,(H,28,32). The van der Waals surface area contributed by atoms with Gasteiger partial charge in [0, 0.05) is 24.4 Å². The van der Waals surface area contributed by atoms with Crippen LogP contribution in [0.3, 0.4) is 0 Å². The van der Waals surface area contributed by atoms with E-state index in [2.05, 4.69) is 38.2 Å². The fourth-order valence-corrected chi connectivity index (χ4v) is 5.12. The number of nitrogens with one attached hydrogen (secondary N) is 1. The van der Waals surface area contributed by atoms with Crippen molar-refractivity contribution in [3.05, 3.63) is 46.1 Å². The maximum Gasteiger partial charge on any atom is 0.322 e. The lowest BCUT2D eigenvalue weighted by Crippen LogP contribution is -2.54. The fraction of sp³-hybridized carbons (Fsp3) is 0.615. The monoisotopic (exact) mass is 476 g/mol. The van der Waals surface area contributed by atoms with Gasteiger partial charge in [-0.25, -0.2) is 4.79 Å². The van der Waals surface area contributed by atoms with Gasteiger partial charge in [-0.1, -0.05) is 44.5 Å². The van der Waals surface area contributed by atoms with Crippen molar-refractivity contribution in [3.8, 4) is 0 Å². The van der Waals surface area contributed by atoms with Crippen molar-refractivity contribution in [3.63, 3.8) is 0 Å². The van der Waals surface area contributed by atoms with Gasteiger partial charge in [0.25, 0.3) is 0 Å². The highest BCUT2D eigenvalue weighted by Gasteiger charge is 2.49. The molecule has 1 fully saturated rings. The van der Waals surface area contributed by atoms with Crippen molar-refractivity contribution in [1.29, 1.82) is 0 Å². The lowest BCUT2D eigenvalue weighted by molar-refractivity contribution is -0.143. The summed E-state index contributed by atoms with van der Waals surface area (Å²) in [7, 11) is 0. The number of hydrogen-bond donors (Lipinski definition) is 2. The van der Waals surface area contributed by atoms with Gasteiger partial charge in [-0.3, -0.25) is 4.79 Å². The largest absolute Gasteiger partial charge is 0.466 e. The zero-order valence-corrected chi connectivity index (χ0v) is 21.0. The SMILES string of the molecule is CCOC(=O)CCN1C=C2C(CCO)CCC2(c2ccc(CCC(C)(C)C)c(Cl)c2)NC1=O. The maximum absolute atomic E-state index is 13.1. The van der Waals surface area contributed by atoms with E-state index < -0.39 is 5.54 Å². The van der Waals surface area contributed by atoms with Gasteiger partial charge in [0.15, 0.2) is 0 Å². The van der Waals surface area contributed by atoms with Crippen LogP contribution in [-0.4, -0.2) is 41.8 Å². The van der Waals surface area contributed by atoms with Gasteiger partial charge in [-0.15, -0.1) is 0 Å². The Hall–Kier alpha value is -2.05. The zero-order valence-electron chi connectivity index (χ0n) is 20.2. The average Bonchev–Trinajstić information content (AvgIpc) is 3.09. The molecule has 33 heavy (non-hydrogen) atoms. The molecule has 1 aromatic carbocycles. The number of esters is 1. The molecule has 0 spiro atoms. The van der Waals surface area contributed by atoms with Gasteiger partial charge in [0.2, 0.25) is 0 Å². The number of hydrogen-bond acceptors (Lipinski definition) is 4. The third-order valence-corrected chi connectivity index (χ3v) is 7.06. The summed E-state index contributed by atoms with van der Waals surface area (Å²) in [6.07, 6.45) is 6.20. The first-order valence-electron chi connectivity index (χ1n) is 12.0. The third kappa shape index (κ3) is 5.90. The summed E-state index contributed by atoms with van der Waals surface area (Å²) in [5.41, 5.74) is 2.74. The predicted octanol–water partition coefficient (Wildman–Crippen LogP) is 5.17. The van der Waals surface area contributed by atoms with E-state index in [1.54, 1.807) is 11.8 Å². The number of fused-ring (bicyclic) bond motifs is 1. The van der Waals surface area contributed by atoms with Crippen LogP contribution in [0.4, 0.5) is 4.79 Å². The van der Waals surface area contributed by atoms with Gasteiger partial charge in [-0.05, 0) is 73.1 Å². The first kappa shape index (κ1) is 25.6. The Labute approximate surface area is 202 Å². The molecule has 0 saturated heterocycles. The molecule has 2 aliphatic rings. The molecule has 1 aromatic rings. The van der Waals surface area contributed by atoms with Crippen LogP contribution >= 0.6 is 11.6 Å². The second-order valence-electron chi connectivity index (χ2n) is 10.3. The Morgan fingerprint density at radius 1 is 1.36 bits per heavy atom. The topological polar surface area (TPSA) is 78.9 Å². The molecule has 7 heteroatoms. The normalized spacial score (nSPS) is 22.6. The smallest absolute Gasteiger partial charge is 0.322 e. The molecule has 6 nitrogen and oxygen atoms in total. The number of amides is 2. The van der Waals surface area contributed by atoms with Crippen molar-refractivity contribution in [2.45, 2.75) is 71.8 Å². The molecule has 0 aromatic heterocycles. The summed E-state index contributed by atoms with van der Waals surface area (Å²) in [6.45, 7) is 9.08. The number of aliphatic hydroxyl groups is 1. The first-order chi connectivity index (χ1) is 15.6. The minimum atomic E-state index is -0.635. The van der Waals surface area contributed by atoms with Gasteiger partial charge in [0.1, 0.15) is 0 Å². The molecular formula is C26H37ClN2O4. The first-order valence-corrected chi connectivity index (χ1v) is 12.3. The number of rotatable bonds is 9. The van der Waals surface area contributed by atoms with Crippen LogP contribution in [-0.2, 0) is 21.5 Å². The van der Waals surface area contributed by atoms with Crippen molar-refractivity contribution < 1.29 is 19.4 Å². The molecule has 2 unspecified atom stereocenters. The molecule has 3 rings (SSSR count). The number of ether oxygens (including phenoxy) is 1. The summed E-state index contributed by atoms with van der Waals surface area (Å²) in [5, 5.41) is 13.6. The number of carbonyl (C=O) groups is 2. The number of urea groups is 1. The number of carbonyl (C=O) groups excluding carboxylic acids is 2. The lowest BCUT2D eigenvalue weighted by atomic mass is 9.80. The van der Waals surface area contributed by atoms with Gasteiger partial charge < -0.3 is 20.1 Å². The van der Waals surface area contributed by atoms with Crippen LogP contribution < -0.4 is 5.32 Å². The molecular weight excluding hydrogens is 440 g/mol. The number of halogens is 1. The van der Waals surface area contributed by atoms with E-state index in [-0.39, 0.29) is 42.9 Å². The zero-order chi connectivity index (χ0) is 24.2. The Bertz CT molecular complexity index is 908. The molecule has 1 saturated carbocycles. The molecule has 2 atom stereocenters. The number of aryl methyl sites for hydroxylation is 1. The van der Waals surface area contributed by atoms with Crippen molar-refractivity contribution >= 4 is 23.6 Å². The quantitative estimate of drug-likeness (QED) is 0.482. The molecule has 2 N–H and O–H groups in total. The Morgan fingerprint density at radius 2 is 2.12 bits per heavy atom. The van der Waals surface area contributed by atoms with Crippen molar-refractivity contribution in [1.82, 2.24) is 10.2 Å². The highest BCUT2D eigenvalue weighted by molar-refractivity contribution is 6.31. The number of nitrogens with zero attached hydrogens (tertiary/aromatic N) is 1. The van der Waals surface area contributed by atoms with E-state index in [4.69, 9.17) is 16.3 Å². The third-order valence-electron chi connectivity index (χ3n) is 6.71. The second kappa shape index (κ2) is 10.5. The van der Waals surface area contributed by atoms with E-state index in [0.717, 1.165) is 47.4 Å². The second-order valence-corrected chi connectivity index (χ2v) is 10.7. The average molecular weight is 477 g/mol. The van der Waals surface area contributed by atoms with Gasteiger partial charge in [-0.2, -0.15) is 0 Å². The Morgan fingerprint density at radius 3 is 2.76 bits per heavy atom. The van der Waals surface area contributed by atoms with Crippen LogP contribution in [0, 0.1) is 11.3 Å². The number of aliphatic hydroxyl groups excluding tert-OH is 1. The van der Waals surface area contributed by atoms with Crippen LogP contribution in [0.1, 0.15) is 70.9 Å². The van der Waals surface area contributed by atoms with Crippen LogP contribution in [0.2, 0.25) is 5.02 Å². The van der Waals surface area contributed by atoms with E-state index in [9.17, 15) is 14.7 Å². The molecule has 2 amide bonds. The van der Waals surface area contributed by atoms with Gasteiger partial charge >= 0.3 is 12.0 Å². The predicted molar refractivity (Wildman–Crippen MR) is 130 cm³/mol. The van der Waals surface area contributed by atoms with Gasteiger partial charge in [0.05, 0.1) is 18.6 Å². The van der Waals surface area contributed by atoms with E-state index >= 15 is 0 Å². The summed E-state index contributed by atoms with van der Waals surface area (Å²) < 4.78 is 5.00. The van der Waals surface area contributed by atoms with E-state index in [1.165, 1.54) is 0 Å². The van der Waals surface area contributed by atoms with Crippen LogP contribution in [0.15, 0.2) is 30.0 Å².